The smallest absolute Gasteiger partial charge is 0.338 e. The largest absolute Gasteiger partial charge is 0.452 e. The number of carbonyl (C=O) groups excluding carboxylic acids is 2. The van der Waals surface area contributed by atoms with Gasteiger partial charge in [-0.05, 0) is 86.8 Å². The molecule has 0 radical (unpaired) electrons. The molecule has 0 unspecified atom stereocenters. The van der Waals surface area contributed by atoms with Gasteiger partial charge < -0.3 is 10.1 Å². The molecule has 1 N–H and O–H groups in total. The summed E-state index contributed by atoms with van der Waals surface area (Å²) in [6, 6.07) is 5.41. The Morgan fingerprint density at radius 2 is 1.89 bits per heavy atom. The van der Waals surface area contributed by atoms with E-state index in [1.165, 1.54) is 49.9 Å². The van der Waals surface area contributed by atoms with Crippen LogP contribution in [0.2, 0.25) is 0 Å². The van der Waals surface area contributed by atoms with Gasteiger partial charge in [-0.25, -0.2) is 9.78 Å². The molecule has 2 aromatic rings. The molecule has 5 nitrogen and oxygen atoms in total. The van der Waals surface area contributed by atoms with Crippen LogP contribution in [0.25, 0.3) is 10.2 Å². The van der Waals surface area contributed by atoms with E-state index in [0.717, 1.165) is 28.0 Å². The summed E-state index contributed by atoms with van der Waals surface area (Å²) in [5.74, 6) is 1.89. The summed E-state index contributed by atoms with van der Waals surface area (Å²) in [7, 11) is 0. The first-order valence-corrected chi connectivity index (χ1v) is 11.2. The summed E-state index contributed by atoms with van der Waals surface area (Å²) in [6.07, 6.45) is 7.91. The van der Waals surface area contributed by atoms with Gasteiger partial charge in [0, 0.05) is 6.04 Å². The van der Waals surface area contributed by atoms with Gasteiger partial charge in [0.1, 0.15) is 0 Å². The Morgan fingerprint density at radius 3 is 2.57 bits per heavy atom. The number of hydrogen-bond donors (Lipinski definition) is 1. The second-order valence-corrected chi connectivity index (χ2v) is 10.1. The van der Waals surface area contributed by atoms with E-state index in [9.17, 15) is 9.59 Å². The Kier molecular flexibility index (Phi) is 4.42. The van der Waals surface area contributed by atoms with E-state index in [4.69, 9.17) is 4.74 Å². The van der Waals surface area contributed by atoms with Crippen LogP contribution in [0.4, 0.5) is 0 Å². The molecule has 6 heteroatoms. The number of nitrogens with zero attached hydrogens (tertiary/aromatic N) is 1. The van der Waals surface area contributed by atoms with Crippen molar-refractivity contribution >= 4 is 33.4 Å². The fourth-order valence-corrected chi connectivity index (χ4v) is 7.06. The summed E-state index contributed by atoms with van der Waals surface area (Å²) < 4.78 is 6.21. The number of thiazole rings is 1. The average Bonchev–Trinajstić information content (AvgIpc) is 3.12. The zero-order chi connectivity index (χ0) is 19.3. The third kappa shape index (κ3) is 3.21. The highest BCUT2D eigenvalue weighted by Gasteiger charge is 2.53. The average molecular weight is 399 g/mol. The number of carbonyl (C=O) groups is 2. The number of benzene rings is 1. The van der Waals surface area contributed by atoms with E-state index < -0.39 is 5.97 Å². The molecular weight excluding hydrogens is 372 g/mol. The Morgan fingerprint density at radius 1 is 1.21 bits per heavy atom. The van der Waals surface area contributed by atoms with Gasteiger partial charge in [-0.15, -0.1) is 11.3 Å². The molecule has 4 aliphatic carbocycles. The molecule has 0 saturated heterocycles. The van der Waals surface area contributed by atoms with E-state index in [-0.39, 0.29) is 24.0 Å². The summed E-state index contributed by atoms with van der Waals surface area (Å²) in [5.41, 5.74) is 3.33. The van der Waals surface area contributed by atoms with E-state index >= 15 is 0 Å². The number of hydrogen-bond acceptors (Lipinski definition) is 5. The van der Waals surface area contributed by atoms with Crippen LogP contribution in [0.15, 0.2) is 23.7 Å². The molecule has 4 saturated carbocycles. The van der Waals surface area contributed by atoms with Gasteiger partial charge in [0.2, 0.25) is 0 Å². The molecule has 0 aliphatic heterocycles. The first-order chi connectivity index (χ1) is 13.5. The highest BCUT2D eigenvalue weighted by Crippen LogP contribution is 2.61. The lowest BCUT2D eigenvalue weighted by Crippen LogP contribution is -2.56. The van der Waals surface area contributed by atoms with Crippen LogP contribution in [0.5, 0.6) is 0 Å². The third-order valence-electron chi connectivity index (χ3n) is 7.28. The van der Waals surface area contributed by atoms with Gasteiger partial charge in [0.15, 0.2) is 6.61 Å². The predicted molar refractivity (Wildman–Crippen MR) is 108 cm³/mol. The van der Waals surface area contributed by atoms with Crippen molar-refractivity contribution in [2.45, 2.75) is 51.5 Å². The van der Waals surface area contributed by atoms with Crippen LogP contribution in [0.1, 0.15) is 55.8 Å². The Labute approximate surface area is 168 Å². The molecule has 1 atom stereocenters. The SMILES string of the molecule is C[C@H](NC(=O)COC(=O)c1ccc2ncsc2c1)C12CC3CC(CC(C3)C1)C2. The lowest BCUT2D eigenvalue weighted by molar-refractivity contribution is -0.128. The molecular formula is C22H26N2O3S. The van der Waals surface area contributed by atoms with E-state index in [1.54, 1.807) is 23.7 Å². The second-order valence-electron chi connectivity index (χ2n) is 9.18. The van der Waals surface area contributed by atoms with Crippen LogP contribution < -0.4 is 5.32 Å². The number of aromatic nitrogens is 1. The third-order valence-corrected chi connectivity index (χ3v) is 8.07. The summed E-state index contributed by atoms with van der Waals surface area (Å²) in [4.78, 5) is 29.0. The predicted octanol–water partition coefficient (Wildman–Crippen LogP) is 4.17. The quantitative estimate of drug-likeness (QED) is 0.768. The maximum atomic E-state index is 12.5. The minimum Gasteiger partial charge on any atom is -0.452 e. The van der Waals surface area contributed by atoms with Gasteiger partial charge in [-0.3, -0.25) is 4.79 Å². The lowest BCUT2D eigenvalue weighted by atomic mass is 9.48. The number of amides is 1. The summed E-state index contributed by atoms with van der Waals surface area (Å²) in [5, 5.41) is 3.15. The van der Waals surface area contributed by atoms with Gasteiger partial charge in [-0.1, -0.05) is 0 Å². The molecule has 4 aliphatic rings. The molecule has 0 spiro atoms. The van der Waals surface area contributed by atoms with E-state index in [2.05, 4.69) is 17.2 Å². The molecule has 1 amide bonds. The van der Waals surface area contributed by atoms with Crippen molar-refractivity contribution in [1.29, 1.82) is 0 Å². The fraction of sp³-hybridized carbons (Fsp3) is 0.591. The Balaban J connectivity index is 1.17. The number of esters is 1. The standard InChI is InChI=1S/C22H26N2O3S/c1-13(22-8-14-4-15(9-22)6-16(5-14)10-22)24-20(25)11-27-21(26)17-2-3-18-19(7-17)28-12-23-18/h2-3,7,12-16H,4-6,8-11H2,1H3,(H,24,25)/t13-,14?,15?,16?,22?/m0/s1. The Hall–Kier alpha value is -1.95. The maximum Gasteiger partial charge on any atom is 0.338 e. The van der Waals surface area contributed by atoms with Crippen LogP contribution in [-0.2, 0) is 9.53 Å². The first kappa shape index (κ1) is 18.1. The van der Waals surface area contributed by atoms with E-state index in [0.29, 0.717) is 5.56 Å². The molecule has 1 aromatic heterocycles. The summed E-state index contributed by atoms with van der Waals surface area (Å²) >= 11 is 1.48. The first-order valence-electron chi connectivity index (χ1n) is 10.3. The zero-order valence-electron chi connectivity index (χ0n) is 16.1. The highest BCUT2D eigenvalue weighted by molar-refractivity contribution is 7.16. The Bertz CT molecular complexity index is 886. The molecule has 1 aromatic carbocycles. The second kappa shape index (κ2) is 6.83. The van der Waals surface area contributed by atoms with Crippen LogP contribution in [0, 0.1) is 23.2 Å². The minimum atomic E-state index is -0.465. The van der Waals surface area contributed by atoms with Gasteiger partial charge in [0.25, 0.3) is 5.91 Å². The maximum absolute atomic E-state index is 12.5. The van der Waals surface area contributed by atoms with Gasteiger partial charge in [0.05, 0.1) is 21.3 Å². The molecule has 148 valence electrons. The summed E-state index contributed by atoms with van der Waals surface area (Å²) in [6.45, 7) is 1.92. The van der Waals surface area contributed by atoms with Crippen molar-refractivity contribution < 1.29 is 14.3 Å². The van der Waals surface area contributed by atoms with Crippen molar-refractivity contribution in [3.63, 3.8) is 0 Å². The van der Waals surface area contributed by atoms with Crippen molar-refractivity contribution in [3.8, 4) is 0 Å². The normalized spacial score (nSPS) is 31.7. The number of rotatable bonds is 5. The van der Waals surface area contributed by atoms with E-state index in [1.807, 2.05) is 0 Å². The molecule has 1 heterocycles. The van der Waals surface area contributed by atoms with Gasteiger partial charge in [-0.2, -0.15) is 0 Å². The minimum absolute atomic E-state index is 0.139. The molecule has 4 fully saturated rings. The van der Waals surface area contributed by atoms with Gasteiger partial charge >= 0.3 is 5.97 Å². The monoisotopic (exact) mass is 398 g/mol. The van der Waals surface area contributed by atoms with Crippen molar-refractivity contribution in [1.82, 2.24) is 10.3 Å². The van der Waals surface area contributed by atoms with Crippen LogP contribution in [0.3, 0.4) is 0 Å². The number of nitrogens with one attached hydrogen (secondary N) is 1. The molecule has 28 heavy (non-hydrogen) atoms. The van der Waals surface area contributed by atoms with Crippen molar-refractivity contribution in [2.75, 3.05) is 6.61 Å². The van der Waals surface area contributed by atoms with Crippen molar-refractivity contribution in [2.24, 2.45) is 23.2 Å². The molecule has 6 rings (SSSR count). The number of ether oxygens (including phenoxy) is 1. The highest BCUT2D eigenvalue weighted by atomic mass is 32.1. The molecule has 4 bridgehead atoms. The van der Waals surface area contributed by atoms with Crippen LogP contribution >= 0.6 is 11.3 Å². The van der Waals surface area contributed by atoms with Crippen molar-refractivity contribution in [3.05, 3.63) is 29.3 Å². The fourth-order valence-electron chi connectivity index (χ4n) is 6.34. The van der Waals surface area contributed by atoms with Crippen LogP contribution in [-0.4, -0.2) is 29.5 Å². The topological polar surface area (TPSA) is 68.3 Å². The number of fused-ring (bicyclic) bond motifs is 1. The zero-order valence-corrected chi connectivity index (χ0v) is 17.0. The lowest BCUT2D eigenvalue weighted by Gasteiger charge is -2.59.